The molecule has 0 heterocycles. The molecule has 0 aromatic heterocycles. The van der Waals surface area contributed by atoms with Gasteiger partial charge in [-0.05, 0) is 58.9 Å². The Balaban J connectivity index is 2.36. The molecule has 28 heavy (non-hydrogen) atoms. The van der Waals surface area contributed by atoms with Crippen LogP contribution in [0.15, 0.2) is 48.5 Å². The summed E-state index contributed by atoms with van der Waals surface area (Å²) in [5.74, 6) is 1.05. The molecule has 0 aliphatic heterocycles. The molecule has 0 fully saturated rings. The third-order valence-electron chi connectivity index (χ3n) is 3.31. The third kappa shape index (κ3) is 6.61. The first kappa shape index (κ1) is 21.8. The lowest BCUT2D eigenvalue weighted by molar-refractivity contribution is -0.114. The average molecular weight is 406 g/mol. The molecule has 152 valence electrons. The van der Waals surface area contributed by atoms with Gasteiger partial charge in [-0.1, -0.05) is 24.3 Å². The van der Waals surface area contributed by atoms with E-state index in [9.17, 15) is 9.36 Å². The van der Waals surface area contributed by atoms with Crippen LogP contribution in [-0.4, -0.2) is 24.2 Å². The van der Waals surface area contributed by atoms with E-state index in [1.54, 1.807) is 48.5 Å². The Morgan fingerprint density at radius 2 is 1.14 bits per heavy atom. The van der Waals surface area contributed by atoms with E-state index in [2.05, 4.69) is 0 Å². The van der Waals surface area contributed by atoms with Gasteiger partial charge in [-0.2, -0.15) is 0 Å². The van der Waals surface area contributed by atoms with Crippen molar-refractivity contribution in [2.45, 2.75) is 46.8 Å². The van der Waals surface area contributed by atoms with Crippen LogP contribution < -0.4 is 18.5 Å². The lowest BCUT2D eigenvalue weighted by Gasteiger charge is -2.23. The number of benzene rings is 2. The van der Waals surface area contributed by atoms with E-state index in [-0.39, 0.29) is 35.7 Å². The molecule has 0 unspecified atom stereocenters. The molecule has 0 spiro atoms. The highest BCUT2D eigenvalue weighted by Gasteiger charge is 2.32. The van der Waals surface area contributed by atoms with E-state index in [1.165, 1.54) is 6.92 Å². The van der Waals surface area contributed by atoms with Crippen LogP contribution in [0.4, 0.5) is 0 Å². The van der Waals surface area contributed by atoms with E-state index in [0.717, 1.165) is 0 Å². The second kappa shape index (κ2) is 9.65. The summed E-state index contributed by atoms with van der Waals surface area (Å²) >= 11 is 0. The molecule has 0 aliphatic carbocycles. The first-order chi connectivity index (χ1) is 13.2. The number of Topliss-reactive ketones (excluding diaryl/α,β-unsaturated/α-hetero) is 1. The monoisotopic (exact) mass is 406 g/mol. The summed E-state index contributed by atoms with van der Waals surface area (Å²) in [5, 5.41) is 0. The minimum absolute atomic E-state index is 0.0990. The van der Waals surface area contributed by atoms with Crippen molar-refractivity contribution in [2.75, 3.05) is 6.16 Å². The maximum Gasteiger partial charge on any atom is 0.438 e. The molecule has 0 saturated heterocycles. The number of rotatable bonds is 10. The maximum atomic E-state index is 13.5. The first-order valence-corrected chi connectivity index (χ1v) is 10.9. The zero-order valence-corrected chi connectivity index (χ0v) is 17.8. The Hall–Kier alpha value is -2.46. The van der Waals surface area contributed by atoms with Gasteiger partial charge < -0.3 is 18.5 Å². The van der Waals surface area contributed by atoms with Gasteiger partial charge in [-0.3, -0.25) is 4.79 Å². The normalized spacial score (nSPS) is 11.4. The molecular weight excluding hydrogens is 379 g/mol. The quantitative estimate of drug-likeness (QED) is 0.485. The Morgan fingerprint density at radius 3 is 1.46 bits per heavy atom. The van der Waals surface area contributed by atoms with Gasteiger partial charge >= 0.3 is 7.60 Å². The molecule has 0 atom stereocenters. The van der Waals surface area contributed by atoms with Gasteiger partial charge in [0, 0.05) is 0 Å². The van der Waals surface area contributed by atoms with Crippen molar-refractivity contribution < 1.29 is 27.9 Å². The topological polar surface area (TPSA) is 71.1 Å². The van der Waals surface area contributed by atoms with E-state index < -0.39 is 7.60 Å². The van der Waals surface area contributed by atoms with Gasteiger partial charge in [-0.25, -0.2) is 4.57 Å². The molecule has 0 bridgehead atoms. The summed E-state index contributed by atoms with van der Waals surface area (Å²) in [6.07, 6.45) is -0.574. The summed E-state index contributed by atoms with van der Waals surface area (Å²) in [7, 11) is -3.87. The molecule has 7 heteroatoms. The zero-order chi connectivity index (χ0) is 20.7. The number of para-hydroxylation sites is 4. The highest BCUT2D eigenvalue weighted by Crippen LogP contribution is 2.52. The van der Waals surface area contributed by atoms with Gasteiger partial charge in [0.25, 0.3) is 0 Å². The fourth-order valence-electron chi connectivity index (χ4n) is 2.41. The fourth-order valence-corrected chi connectivity index (χ4v) is 4.02. The Labute approximate surface area is 166 Å². The lowest BCUT2D eigenvalue weighted by Crippen LogP contribution is -2.13. The molecule has 0 aliphatic rings. The van der Waals surface area contributed by atoms with Crippen LogP contribution in [0.5, 0.6) is 23.0 Å². The third-order valence-corrected chi connectivity index (χ3v) is 5.10. The second-order valence-corrected chi connectivity index (χ2v) is 8.78. The Kier molecular flexibility index (Phi) is 7.53. The van der Waals surface area contributed by atoms with E-state index in [1.807, 2.05) is 27.7 Å². The van der Waals surface area contributed by atoms with Crippen molar-refractivity contribution in [3.05, 3.63) is 48.5 Å². The van der Waals surface area contributed by atoms with Crippen molar-refractivity contribution in [2.24, 2.45) is 0 Å². The Morgan fingerprint density at radius 1 is 0.786 bits per heavy atom. The van der Waals surface area contributed by atoms with E-state index in [4.69, 9.17) is 18.5 Å². The van der Waals surface area contributed by atoms with Gasteiger partial charge in [0.1, 0.15) is 11.9 Å². The van der Waals surface area contributed by atoms with Gasteiger partial charge in [0.2, 0.25) is 0 Å². The molecule has 2 rings (SSSR count). The van der Waals surface area contributed by atoms with Crippen LogP contribution in [0.2, 0.25) is 0 Å². The highest BCUT2D eigenvalue weighted by atomic mass is 31.2. The number of carbonyl (C=O) groups is 1. The van der Waals surface area contributed by atoms with Crippen molar-refractivity contribution in [1.29, 1.82) is 0 Å². The van der Waals surface area contributed by atoms with Crippen LogP contribution in [0.25, 0.3) is 0 Å². The highest BCUT2D eigenvalue weighted by molar-refractivity contribution is 7.55. The van der Waals surface area contributed by atoms with Gasteiger partial charge in [0.05, 0.1) is 12.2 Å². The fraction of sp³-hybridized carbons (Fsp3) is 0.381. The number of hydrogen-bond acceptors (Lipinski definition) is 6. The van der Waals surface area contributed by atoms with Gasteiger partial charge in [0.15, 0.2) is 23.0 Å². The molecule has 6 nitrogen and oxygen atoms in total. The first-order valence-electron chi connectivity index (χ1n) is 9.17. The van der Waals surface area contributed by atoms with E-state index >= 15 is 0 Å². The minimum Gasteiger partial charge on any atom is -0.487 e. The number of hydrogen-bond donors (Lipinski definition) is 0. The van der Waals surface area contributed by atoms with Crippen molar-refractivity contribution in [3.8, 4) is 23.0 Å². The van der Waals surface area contributed by atoms with Crippen LogP contribution in [0, 0.1) is 0 Å². The molecule has 0 amide bonds. The van der Waals surface area contributed by atoms with Crippen molar-refractivity contribution in [3.63, 3.8) is 0 Å². The van der Waals surface area contributed by atoms with Crippen LogP contribution in [-0.2, 0) is 9.36 Å². The van der Waals surface area contributed by atoms with E-state index in [0.29, 0.717) is 11.5 Å². The summed E-state index contributed by atoms with van der Waals surface area (Å²) in [6.45, 7) is 8.85. The van der Waals surface area contributed by atoms with Gasteiger partial charge in [-0.15, -0.1) is 0 Å². The SMILES string of the molecule is CC(=O)CP(=O)(Oc1ccccc1OC(C)C)Oc1ccccc1OC(C)C. The molecule has 2 aromatic rings. The maximum absolute atomic E-state index is 13.5. The summed E-state index contributed by atoms with van der Waals surface area (Å²) < 4.78 is 36.4. The predicted octanol–water partition coefficient (Wildman–Crippen LogP) is 5.50. The zero-order valence-electron chi connectivity index (χ0n) is 16.9. The number of ketones is 1. The summed E-state index contributed by atoms with van der Waals surface area (Å²) in [6, 6.07) is 13.7. The predicted molar refractivity (Wildman–Crippen MR) is 109 cm³/mol. The Bertz CT molecular complexity index is 787. The summed E-state index contributed by atoms with van der Waals surface area (Å²) in [5.41, 5.74) is 0. The standard InChI is InChI=1S/C21H27O6P/c1-15(2)24-18-10-6-8-12-20(18)26-28(23,14-17(5)22)27-21-13-9-7-11-19(21)25-16(3)4/h6-13,15-16H,14H2,1-5H3. The van der Waals surface area contributed by atoms with Crippen LogP contribution in [0.3, 0.4) is 0 Å². The number of carbonyl (C=O) groups excluding carboxylic acids is 1. The number of ether oxygens (including phenoxy) is 2. The molecule has 0 radical (unpaired) electrons. The van der Waals surface area contributed by atoms with Crippen LogP contribution >= 0.6 is 7.60 Å². The smallest absolute Gasteiger partial charge is 0.438 e. The molecule has 0 N–H and O–H groups in total. The lowest BCUT2D eigenvalue weighted by atomic mass is 10.3. The average Bonchev–Trinajstić information content (AvgIpc) is 2.56. The van der Waals surface area contributed by atoms with Crippen molar-refractivity contribution >= 4 is 13.4 Å². The molecule has 2 aromatic carbocycles. The molecular formula is C21H27O6P. The second-order valence-electron chi connectivity index (χ2n) is 6.88. The largest absolute Gasteiger partial charge is 0.487 e. The van der Waals surface area contributed by atoms with Crippen LogP contribution in [0.1, 0.15) is 34.6 Å². The van der Waals surface area contributed by atoms with Crippen molar-refractivity contribution in [1.82, 2.24) is 0 Å². The summed E-state index contributed by atoms with van der Waals surface area (Å²) in [4.78, 5) is 11.8. The minimum atomic E-state index is -3.87. The molecule has 0 saturated carbocycles.